The van der Waals surface area contributed by atoms with E-state index in [1.54, 1.807) is 6.07 Å². The van der Waals surface area contributed by atoms with Gasteiger partial charge < -0.3 is 10.7 Å². The van der Waals surface area contributed by atoms with Gasteiger partial charge in [0.05, 0.1) is 22.6 Å². The summed E-state index contributed by atoms with van der Waals surface area (Å²) in [4.78, 5) is 14.7. The number of H-pyrrole nitrogens is 1. The number of nitrogens with two attached hydrogens (primary N) is 1. The summed E-state index contributed by atoms with van der Waals surface area (Å²) in [5.41, 5.74) is 7.60. The molecule has 0 saturated carbocycles. The van der Waals surface area contributed by atoms with Crippen LogP contribution in [-0.4, -0.2) is 30.8 Å². The lowest BCUT2D eigenvalue weighted by Gasteiger charge is -2.21. The fraction of sp³-hybridized carbons (Fsp3) is 0.400. The Bertz CT molecular complexity index is 842. The van der Waals surface area contributed by atoms with Crippen LogP contribution in [0.3, 0.4) is 0 Å². The third-order valence-electron chi connectivity index (χ3n) is 4.17. The van der Waals surface area contributed by atoms with Crippen molar-refractivity contribution in [3.8, 4) is 0 Å². The number of carbonyl (C=O) groups is 1. The zero-order valence-corrected chi connectivity index (χ0v) is 14.3. The molecule has 2 aromatic rings. The van der Waals surface area contributed by atoms with Gasteiger partial charge in [-0.25, -0.2) is 8.42 Å². The van der Waals surface area contributed by atoms with E-state index in [0.717, 1.165) is 28.3 Å². The van der Waals surface area contributed by atoms with Gasteiger partial charge in [0, 0.05) is 16.1 Å². The SMILES string of the molecule is NC(=O)c1cc(Br)cc2c(CC3CCCS(=O)(=O)C3)c[nH]c12. The van der Waals surface area contributed by atoms with Gasteiger partial charge in [-0.1, -0.05) is 15.9 Å². The van der Waals surface area contributed by atoms with Gasteiger partial charge in [0.15, 0.2) is 9.84 Å². The molecule has 0 aliphatic carbocycles. The molecule has 1 unspecified atom stereocenters. The summed E-state index contributed by atoms with van der Waals surface area (Å²) in [5.74, 6) is 0.194. The third-order valence-corrected chi connectivity index (χ3v) is 6.52. The van der Waals surface area contributed by atoms with Gasteiger partial charge in [-0.05, 0) is 42.9 Å². The Morgan fingerprint density at radius 2 is 2.18 bits per heavy atom. The average Bonchev–Trinajstić information content (AvgIpc) is 2.79. The molecule has 118 valence electrons. The molecule has 3 rings (SSSR count). The van der Waals surface area contributed by atoms with Crippen molar-refractivity contribution in [3.05, 3.63) is 33.9 Å². The highest BCUT2D eigenvalue weighted by atomic mass is 79.9. The van der Waals surface area contributed by atoms with Crippen LogP contribution < -0.4 is 5.73 Å². The first-order chi connectivity index (χ1) is 10.4. The lowest BCUT2D eigenvalue weighted by Crippen LogP contribution is -2.26. The highest BCUT2D eigenvalue weighted by Crippen LogP contribution is 2.30. The molecule has 1 aromatic heterocycles. The Labute approximate surface area is 137 Å². The Balaban J connectivity index is 1.97. The van der Waals surface area contributed by atoms with Crippen molar-refractivity contribution < 1.29 is 13.2 Å². The summed E-state index contributed by atoms with van der Waals surface area (Å²) in [6, 6.07) is 3.63. The maximum atomic E-state index is 11.8. The number of primary amides is 1. The number of halogens is 1. The normalized spacial score (nSPS) is 21.0. The summed E-state index contributed by atoms with van der Waals surface area (Å²) in [5, 5.41) is 0.922. The second-order valence-electron chi connectivity index (χ2n) is 5.88. The number of amides is 1. The maximum Gasteiger partial charge on any atom is 0.250 e. The first-order valence-corrected chi connectivity index (χ1v) is 9.77. The second-order valence-corrected chi connectivity index (χ2v) is 9.03. The van der Waals surface area contributed by atoms with Gasteiger partial charge in [-0.2, -0.15) is 0 Å². The minimum absolute atomic E-state index is 0.133. The topological polar surface area (TPSA) is 93.0 Å². The van der Waals surface area contributed by atoms with Crippen molar-refractivity contribution >= 4 is 42.6 Å². The van der Waals surface area contributed by atoms with Crippen LogP contribution in [0.2, 0.25) is 0 Å². The van der Waals surface area contributed by atoms with E-state index in [-0.39, 0.29) is 11.7 Å². The molecule has 1 aromatic carbocycles. The summed E-state index contributed by atoms with van der Waals surface area (Å²) in [7, 11) is -2.91. The van der Waals surface area contributed by atoms with Gasteiger partial charge >= 0.3 is 0 Å². The molecule has 1 fully saturated rings. The standard InChI is InChI=1S/C15H17BrN2O3S/c16-11-5-12-10(4-9-2-1-3-22(20,21)8-9)7-18-14(12)13(6-11)15(17)19/h5-7,9,18H,1-4,8H2,(H2,17,19). The predicted octanol–water partition coefficient (Wildman–Crippen LogP) is 2.40. The molecule has 7 heteroatoms. The molecule has 5 nitrogen and oxygen atoms in total. The van der Waals surface area contributed by atoms with Gasteiger partial charge in [-0.15, -0.1) is 0 Å². The van der Waals surface area contributed by atoms with Gasteiger partial charge in [0.25, 0.3) is 5.91 Å². The Morgan fingerprint density at radius 1 is 1.41 bits per heavy atom. The smallest absolute Gasteiger partial charge is 0.250 e. The number of sulfone groups is 1. The highest BCUT2D eigenvalue weighted by Gasteiger charge is 2.25. The third kappa shape index (κ3) is 3.05. The molecule has 1 aliphatic rings. The highest BCUT2D eigenvalue weighted by molar-refractivity contribution is 9.10. The van der Waals surface area contributed by atoms with Crippen molar-refractivity contribution in [2.75, 3.05) is 11.5 Å². The predicted molar refractivity (Wildman–Crippen MR) is 89.6 cm³/mol. The fourth-order valence-corrected chi connectivity index (χ4v) is 5.44. The first kappa shape index (κ1) is 15.6. The number of carbonyl (C=O) groups excluding carboxylic acids is 1. The number of fused-ring (bicyclic) bond motifs is 1. The number of nitrogens with one attached hydrogen (secondary N) is 1. The van der Waals surface area contributed by atoms with Crippen LogP contribution in [0.4, 0.5) is 0 Å². The van der Waals surface area contributed by atoms with E-state index in [1.165, 1.54) is 0 Å². The van der Waals surface area contributed by atoms with E-state index in [0.29, 0.717) is 23.3 Å². The largest absolute Gasteiger partial charge is 0.366 e. The van der Waals surface area contributed by atoms with Gasteiger partial charge in [0.1, 0.15) is 0 Å². The molecular weight excluding hydrogens is 368 g/mol. The summed E-state index contributed by atoms with van der Waals surface area (Å²) >= 11 is 3.40. The minimum Gasteiger partial charge on any atom is -0.366 e. The van der Waals surface area contributed by atoms with Crippen LogP contribution >= 0.6 is 15.9 Å². The maximum absolute atomic E-state index is 11.8. The number of benzene rings is 1. The zero-order chi connectivity index (χ0) is 15.9. The van der Waals surface area contributed by atoms with Crippen molar-refractivity contribution in [1.29, 1.82) is 0 Å². The van der Waals surface area contributed by atoms with Crippen molar-refractivity contribution in [2.24, 2.45) is 11.7 Å². The van der Waals surface area contributed by atoms with Crippen LogP contribution in [0.25, 0.3) is 10.9 Å². The zero-order valence-electron chi connectivity index (χ0n) is 11.9. The van der Waals surface area contributed by atoms with E-state index >= 15 is 0 Å². The van der Waals surface area contributed by atoms with Crippen molar-refractivity contribution in [2.45, 2.75) is 19.3 Å². The van der Waals surface area contributed by atoms with Gasteiger partial charge in [-0.3, -0.25) is 4.79 Å². The Kier molecular flexibility index (Phi) is 4.03. The molecule has 22 heavy (non-hydrogen) atoms. The summed E-state index contributed by atoms with van der Waals surface area (Å²) in [6.07, 6.45) is 4.19. The lowest BCUT2D eigenvalue weighted by molar-refractivity contribution is 0.100. The minimum atomic E-state index is -2.91. The monoisotopic (exact) mass is 384 g/mol. The lowest BCUT2D eigenvalue weighted by atomic mass is 9.95. The number of aromatic amines is 1. The summed E-state index contributed by atoms with van der Waals surface area (Å²) < 4.78 is 24.3. The molecule has 0 spiro atoms. The number of aromatic nitrogens is 1. The Hall–Kier alpha value is -1.34. The molecule has 1 atom stereocenters. The molecule has 3 N–H and O–H groups in total. The van der Waals surface area contributed by atoms with E-state index in [2.05, 4.69) is 20.9 Å². The average molecular weight is 385 g/mol. The molecule has 0 radical (unpaired) electrons. The van der Waals surface area contributed by atoms with Crippen LogP contribution in [0.1, 0.15) is 28.8 Å². The van der Waals surface area contributed by atoms with E-state index in [4.69, 9.17) is 5.73 Å². The van der Waals surface area contributed by atoms with E-state index in [1.807, 2.05) is 12.3 Å². The molecular formula is C15H17BrN2O3S. The van der Waals surface area contributed by atoms with Crippen LogP contribution in [0.15, 0.2) is 22.8 Å². The van der Waals surface area contributed by atoms with Crippen molar-refractivity contribution in [1.82, 2.24) is 4.98 Å². The summed E-state index contributed by atoms with van der Waals surface area (Å²) in [6.45, 7) is 0. The van der Waals surface area contributed by atoms with Gasteiger partial charge in [0.2, 0.25) is 0 Å². The number of rotatable bonds is 3. The second kappa shape index (κ2) is 5.70. The molecule has 1 amide bonds. The quantitative estimate of drug-likeness (QED) is 0.850. The van der Waals surface area contributed by atoms with Crippen LogP contribution in [0, 0.1) is 5.92 Å². The van der Waals surface area contributed by atoms with E-state index in [9.17, 15) is 13.2 Å². The number of hydrogen-bond donors (Lipinski definition) is 2. The van der Waals surface area contributed by atoms with Crippen LogP contribution in [-0.2, 0) is 16.3 Å². The Morgan fingerprint density at radius 3 is 2.86 bits per heavy atom. The molecule has 1 saturated heterocycles. The molecule has 1 aliphatic heterocycles. The van der Waals surface area contributed by atoms with Crippen LogP contribution in [0.5, 0.6) is 0 Å². The molecule has 2 heterocycles. The van der Waals surface area contributed by atoms with Crippen molar-refractivity contribution in [3.63, 3.8) is 0 Å². The van der Waals surface area contributed by atoms with E-state index < -0.39 is 15.7 Å². The number of hydrogen-bond acceptors (Lipinski definition) is 3. The fourth-order valence-electron chi connectivity index (χ4n) is 3.21. The molecule has 0 bridgehead atoms. The first-order valence-electron chi connectivity index (χ1n) is 7.15.